The van der Waals surface area contributed by atoms with E-state index < -0.39 is 0 Å². The van der Waals surface area contributed by atoms with Crippen molar-refractivity contribution in [3.8, 4) is 0 Å². The van der Waals surface area contributed by atoms with Gasteiger partial charge in [0.1, 0.15) is 5.82 Å². The molecule has 3 heteroatoms. The van der Waals surface area contributed by atoms with Gasteiger partial charge in [-0.1, -0.05) is 6.07 Å². The van der Waals surface area contributed by atoms with Gasteiger partial charge in [0, 0.05) is 6.04 Å². The van der Waals surface area contributed by atoms with Crippen LogP contribution in [0.3, 0.4) is 0 Å². The zero-order valence-electron chi connectivity index (χ0n) is 8.50. The summed E-state index contributed by atoms with van der Waals surface area (Å²) < 4.78 is 18.7. The van der Waals surface area contributed by atoms with Crippen molar-refractivity contribution in [2.24, 2.45) is 0 Å². The van der Waals surface area contributed by atoms with Crippen LogP contribution in [0, 0.1) is 5.82 Å². The third-order valence-electron chi connectivity index (χ3n) is 3.29. The highest BCUT2D eigenvalue weighted by atomic mass is 19.1. The molecule has 1 saturated heterocycles. The number of nitrogens with one attached hydrogen (secondary N) is 1. The van der Waals surface area contributed by atoms with Crippen LogP contribution in [0.5, 0.6) is 0 Å². The highest BCUT2D eigenvalue weighted by molar-refractivity contribution is 5.33. The molecule has 0 bridgehead atoms. The van der Waals surface area contributed by atoms with E-state index in [2.05, 4.69) is 5.32 Å². The highest BCUT2D eigenvalue weighted by Gasteiger charge is 2.32. The van der Waals surface area contributed by atoms with Crippen molar-refractivity contribution in [1.82, 2.24) is 5.32 Å². The fraction of sp³-hybridized carbons (Fsp3) is 0.500. The third-order valence-corrected chi connectivity index (χ3v) is 3.29. The summed E-state index contributed by atoms with van der Waals surface area (Å²) in [6.45, 7) is 1.62. The summed E-state index contributed by atoms with van der Waals surface area (Å²) in [5.74, 6) is -0.169. The van der Waals surface area contributed by atoms with Crippen LogP contribution in [-0.4, -0.2) is 12.6 Å². The minimum atomic E-state index is -0.169. The lowest BCUT2D eigenvalue weighted by Gasteiger charge is -2.18. The second-order valence-corrected chi connectivity index (χ2v) is 4.28. The topological polar surface area (TPSA) is 21.3 Å². The van der Waals surface area contributed by atoms with E-state index in [0.29, 0.717) is 12.6 Å². The largest absolute Gasteiger partial charge is 0.367 e. The minimum Gasteiger partial charge on any atom is -0.367 e. The van der Waals surface area contributed by atoms with E-state index in [-0.39, 0.29) is 11.9 Å². The van der Waals surface area contributed by atoms with Crippen molar-refractivity contribution in [2.75, 3.05) is 6.54 Å². The van der Waals surface area contributed by atoms with E-state index in [4.69, 9.17) is 4.74 Å². The van der Waals surface area contributed by atoms with Gasteiger partial charge in [0.2, 0.25) is 0 Å². The zero-order valence-corrected chi connectivity index (χ0v) is 8.50. The highest BCUT2D eigenvalue weighted by Crippen LogP contribution is 2.35. The molecule has 1 aromatic rings. The van der Waals surface area contributed by atoms with Crippen LogP contribution in [0.15, 0.2) is 18.2 Å². The van der Waals surface area contributed by atoms with Gasteiger partial charge in [-0.05, 0) is 42.6 Å². The molecule has 0 spiro atoms. The van der Waals surface area contributed by atoms with E-state index in [1.807, 2.05) is 6.07 Å². The molecule has 0 aliphatic carbocycles. The van der Waals surface area contributed by atoms with Gasteiger partial charge in [0.25, 0.3) is 0 Å². The normalized spacial score (nSPS) is 29.4. The summed E-state index contributed by atoms with van der Waals surface area (Å²) in [5.41, 5.74) is 2.17. The third kappa shape index (κ3) is 1.56. The van der Waals surface area contributed by atoms with E-state index >= 15 is 0 Å². The predicted octanol–water partition coefficient (Wildman–Crippen LogP) is 2.15. The van der Waals surface area contributed by atoms with Gasteiger partial charge in [0.05, 0.1) is 12.7 Å². The smallest absolute Gasteiger partial charge is 0.123 e. The van der Waals surface area contributed by atoms with Crippen molar-refractivity contribution in [3.05, 3.63) is 35.1 Å². The van der Waals surface area contributed by atoms with Gasteiger partial charge in [-0.25, -0.2) is 4.39 Å². The van der Waals surface area contributed by atoms with Crippen LogP contribution in [0.2, 0.25) is 0 Å². The van der Waals surface area contributed by atoms with Crippen molar-refractivity contribution in [3.63, 3.8) is 0 Å². The Labute approximate surface area is 88.4 Å². The molecule has 2 heterocycles. The maximum atomic E-state index is 13.0. The van der Waals surface area contributed by atoms with Crippen LogP contribution in [0.1, 0.15) is 30.1 Å². The van der Waals surface area contributed by atoms with Gasteiger partial charge in [-0.3, -0.25) is 0 Å². The summed E-state index contributed by atoms with van der Waals surface area (Å²) in [4.78, 5) is 0. The molecule has 2 aliphatic rings. The van der Waals surface area contributed by atoms with Crippen LogP contribution in [0.4, 0.5) is 4.39 Å². The first kappa shape index (κ1) is 9.31. The maximum absolute atomic E-state index is 13.0. The molecule has 0 radical (unpaired) electrons. The molecule has 80 valence electrons. The lowest BCUT2D eigenvalue weighted by molar-refractivity contribution is 0.0426. The first-order chi connectivity index (χ1) is 7.34. The Balaban J connectivity index is 1.90. The van der Waals surface area contributed by atoms with Gasteiger partial charge in [-0.15, -0.1) is 0 Å². The number of hydrogen-bond donors (Lipinski definition) is 1. The Kier molecular flexibility index (Phi) is 2.22. The molecule has 1 N–H and O–H groups in total. The fourth-order valence-corrected chi connectivity index (χ4v) is 2.55. The second kappa shape index (κ2) is 3.58. The number of halogens is 1. The first-order valence-corrected chi connectivity index (χ1v) is 5.48. The summed E-state index contributed by atoms with van der Waals surface area (Å²) in [6, 6.07) is 5.39. The summed E-state index contributed by atoms with van der Waals surface area (Å²) >= 11 is 0. The summed E-state index contributed by atoms with van der Waals surface area (Å²) in [6.07, 6.45) is 2.49. The molecule has 2 aliphatic heterocycles. The van der Waals surface area contributed by atoms with Crippen LogP contribution >= 0.6 is 0 Å². The molecule has 1 aromatic carbocycles. The molecular weight excluding hydrogens is 193 g/mol. The monoisotopic (exact) mass is 207 g/mol. The Morgan fingerprint density at radius 1 is 1.40 bits per heavy atom. The number of benzene rings is 1. The quantitative estimate of drug-likeness (QED) is 0.761. The Bertz CT molecular complexity index is 374. The molecule has 0 saturated carbocycles. The van der Waals surface area contributed by atoms with Gasteiger partial charge >= 0.3 is 0 Å². The fourth-order valence-electron chi connectivity index (χ4n) is 2.55. The number of ether oxygens (including phenoxy) is 1. The standard InChI is InChI=1S/C12H14FNO/c13-9-3-4-10-8(6-9)7-15-12(10)11-2-1-5-14-11/h3-4,6,11-12,14H,1-2,5,7H2. The Hall–Kier alpha value is -0.930. The molecule has 0 aromatic heterocycles. The number of rotatable bonds is 1. The number of fused-ring (bicyclic) bond motifs is 1. The van der Waals surface area contributed by atoms with Crippen molar-refractivity contribution in [1.29, 1.82) is 0 Å². The molecule has 0 amide bonds. The van der Waals surface area contributed by atoms with Gasteiger partial charge in [0.15, 0.2) is 0 Å². The van der Waals surface area contributed by atoms with Crippen molar-refractivity contribution >= 4 is 0 Å². The number of hydrogen-bond acceptors (Lipinski definition) is 2. The maximum Gasteiger partial charge on any atom is 0.123 e. The molecule has 15 heavy (non-hydrogen) atoms. The molecule has 2 unspecified atom stereocenters. The predicted molar refractivity (Wildman–Crippen MR) is 55.0 cm³/mol. The van der Waals surface area contributed by atoms with E-state index in [9.17, 15) is 4.39 Å². The molecule has 1 fully saturated rings. The van der Waals surface area contributed by atoms with Crippen LogP contribution in [0.25, 0.3) is 0 Å². The second-order valence-electron chi connectivity index (χ2n) is 4.28. The van der Waals surface area contributed by atoms with E-state index in [1.165, 1.54) is 12.5 Å². The van der Waals surface area contributed by atoms with Crippen molar-refractivity contribution < 1.29 is 9.13 Å². The van der Waals surface area contributed by atoms with E-state index in [0.717, 1.165) is 24.1 Å². The SMILES string of the molecule is Fc1ccc2c(c1)COC2C1CCCN1. The van der Waals surface area contributed by atoms with Crippen LogP contribution < -0.4 is 5.32 Å². The average molecular weight is 207 g/mol. The molecule has 2 atom stereocenters. The minimum absolute atomic E-state index is 0.128. The lowest BCUT2D eigenvalue weighted by atomic mass is 9.99. The molecular formula is C12H14FNO. The van der Waals surface area contributed by atoms with Crippen molar-refractivity contribution in [2.45, 2.75) is 31.6 Å². The molecule has 2 nitrogen and oxygen atoms in total. The molecule has 3 rings (SSSR count). The Morgan fingerprint density at radius 2 is 2.33 bits per heavy atom. The van der Waals surface area contributed by atoms with E-state index in [1.54, 1.807) is 6.07 Å². The Morgan fingerprint density at radius 3 is 3.13 bits per heavy atom. The first-order valence-electron chi connectivity index (χ1n) is 5.48. The lowest BCUT2D eigenvalue weighted by Crippen LogP contribution is -2.28. The summed E-state index contributed by atoms with van der Waals surface area (Å²) in [7, 11) is 0. The van der Waals surface area contributed by atoms with Crippen LogP contribution in [-0.2, 0) is 11.3 Å². The summed E-state index contributed by atoms with van der Waals surface area (Å²) in [5, 5.41) is 3.44. The average Bonchev–Trinajstić information content (AvgIpc) is 2.82. The van der Waals surface area contributed by atoms with Gasteiger partial charge in [-0.2, -0.15) is 0 Å². The zero-order chi connectivity index (χ0) is 10.3. The van der Waals surface area contributed by atoms with Gasteiger partial charge < -0.3 is 10.1 Å².